The number of nitrogens with zero attached hydrogens (tertiary/aromatic N) is 3. The molecular weight excluding hydrogens is 452 g/mol. The number of aromatic nitrogens is 1. The lowest BCUT2D eigenvalue weighted by molar-refractivity contribution is -0.124. The predicted molar refractivity (Wildman–Crippen MR) is 135 cm³/mol. The van der Waals surface area contributed by atoms with E-state index in [1.807, 2.05) is 72.9 Å². The molecule has 0 aliphatic carbocycles. The number of rotatable bonds is 4. The number of hydrogen-bond acceptors (Lipinski definition) is 4. The monoisotopic (exact) mass is 470 g/mol. The molecule has 1 aromatic heterocycles. The molecule has 0 fully saturated rings. The van der Waals surface area contributed by atoms with Gasteiger partial charge in [0, 0.05) is 39.9 Å². The molecule has 4 aromatic rings. The van der Waals surface area contributed by atoms with Gasteiger partial charge in [0.2, 0.25) is 0 Å². The zero-order valence-corrected chi connectivity index (χ0v) is 19.1. The number of aliphatic imine (C=N–C) groups is 2. The molecule has 0 radical (unpaired) electrons. The first-order valence-corrected chi connectivity index (χ1v) is 12.1. The summed E-state index contributed by atoms with van der Waals surface area (Å²) in [6.45, 7) is 0. The van der Waals surface area contributed by atoms with E-state index in [1.54, 1.807) is 4.90 Å². The van der Waals surface area contributed by atoms with Crippen molar-refractivity contribution in [2.45, 2.75) is 18.2 Å². The van der Waals surface area contributed by atoms with E-state index >= 15 is 0 Å². The summed E-state index contributed by atoms with van der Waals surface area (Å²) in [4.78, 5) is 28.3. The second-order valence-corrected chi connectivity index (χ2v) is 9.35. The highest BCUT2D eigenvalue weighted by Crippen LogP contribution is 2.36. The van der Waals surface area contributed by atoms with Crippen molar-refractivity contribution < 1.29 is 4.79 Å². The molecule has 1 N–H and O–H groups in total. The maximum absolute atomic E-state index is 13.6. The number of amidine groups is 2. The largest absolute Gasteiger partial charge is 0.361 e. The lowest BCUT2D eigenvalue weighted by Crippen LogP contribution is -2.41. The van der Waals surface area contributed by atoms with Crippen LogP contribution in [0.5, 0.6) is 0 Å². The van der Waals surface area contributed by atoms with Gasteiger partial charge in [-0.05, 0) is 35.4 Å². The van der Waals surface area contributed by atoms with Crippen LogP contribution in [0, 0.1) is 0 Å². The molecule has 1 unspecified atom stereocenters. The molecule has 5 nitrogen and oxygen atoms in total. The number of carbonyl (C=O) groups is 1. The topological polar surface area (TPSA) is 60.8 Å². The van der Waals surface area contributed by atoms with E-state index in [1.165, 1.54) is 11.8 Å². The molecule has 1 amide bonds. The van der Waals surface area contributed by atoms with E-state index in [9.17, 15) is 4.79 Å². The number of amides is 1. The van der Waals surface area contributed by atoms with Gasteiger partial charge in [-0.1, -0.05) is 71.9 Å². The first-order valence-electron chi connectivity index (χ1n) is 10.7. The molecule has 6 rings (SSSR count). The van der Waals surface area contributed by atoms with Crippen LogP contribution in [0.25, 0.3) is 10.9 Å². The van der Waals surface area contributed by atoms with Crippen LogP contribution >= 0.6 is 23.4 Å². The Morgan fingerprint density at radius 3 is 2.67 bits per heavy atom. The van der Waals surface area contributed by atoms with Crippen LogP contribution in [0.15, 0.2) is 89.0 Å². The van der Waals surface area contributed by atoms with E-state index in [0.29, 0.717) is 28.2 Å². The molecule has 0 saturated carbocycles. The number of nitrogens with one attached hydrogen (secondary N) is 1. The number of halogens is 1. The number of thioether (sulfide) groups is 1. The fourth-order valence-corrected chi connectivity index (χ4v) is 5.58. The van der Waals surface area contributed by atoms with Gasteiger partial charge < -0.3 is 4.98 Å². The van der Waals surface area contributed by atoms with Gasteiger partial charge >= 0.3 is 0 Å². The number of benzene rings is 3. The van der Waals surface area contributed by atoms with Crippen LogP contribution in [0.2, 0.25) is 5.02 Å². The molecule has 0 spiro atoms. The number of aromatic amines is 1. The van der Waals surface area contributed by atoms with Crippen LogP contribution in [-0.4, -0.2) is 32.8 Å². The summed E-state index contributed by atoms with van der Waals surface area (Å²) in [5.41, 5.74) is 4.87. The number of carbonyl (C=O) groups excluding carboxylic acids is 1. The Bertz CT molecular complexity index is 1460. The van der Waals surface area contributed by atoms with E-state index in [4.69, 9.17) is 21.6 Å². The average Bonchev–Trinajstić information content (AvgIpc) is 3.40. The summed E-state index contributed by atoms with van der Waals surface area (Å²) in [6.07, 6.45) is 2.51. The first-order chi connectivity index (χ1) is 16.2. The molecule has 33 heavy (non-hydrogen) atoms. The maximum atomic E-state index is 13.6. The lowest BCUT2D eigenvalue weighted by Gasteiger charge is -2.25. The molecule has 2 aliphatic rings. The average molecular weight is 471 g/mol. The minimum absolute atomic E-state index is 0.0461. The van der Waals surface area contributed by atoms with Gasteiger partial charge in [0.15, 0.2) is 5.17 Å². The van der Waals surface area contributed by atoms with Gasteiger partial charge in [-0.2, -0.15) is 0 Å². The number of fused-ring (bicyclic) bond motifs is 4. The van der Waals surface area contributed by atoms with E-state index in [-0.39, 0.29) is 5.91 Å². The smallest absolute Gasteiger partial charge is 0.259 e. The predicted octanol–water partition coefficient (Wildman–Crippen LogP) is 5.96. The number of hydrogen-bond donors (Lipinski definition) is 1. The fraction of sp³-hybridized carbons (Fsp3) is 0.115. The summed E-state index contributed by atoms with van der Waals surface area (Å²) in [5, 5.41) is 2.47. The van der Waals surface area contributed by atoms with Crippen molar-refractivity contribution in [3.05, 3.63) is 101 Å². The second kappa shape index (κ2) is 8.21. The van der Waals surface area contributed by atoms with Crippen molar-refractivity contribution in [3.8, 4) is 0 Å². The summed E-state index contributed by atoms with van der Waals surface area (Å²) in [7, 11) is 0. The summed E-state index contributed by atoms with van der Waals surface area (Å²) >= 11 is 7.86. The van der Waals surface area contributed by atoms with Gasteiger partial charge in [-0.3, -0.25) is 9.79 Å². The van der Waals surface area contributed by atoms with Crippen LogP contribution in [0.3, 0.4) is 0 Å². The Balaban J connectivity index is 1.34. The highest BCUT2D eigenvalue weighted by Gasteiger charge is 2.41. The summed E-state index contributed by atoms with van der Waals surface area (Å²) in [5.74, 6) is 1.25. The third kappa shape index (κ3) is 3.56. The highest BCUT2D eigenvalue weighted by molar-refractivity contribution is 8.13. The van der Waals surface area contributed by atoms with Crippen LogP contribution in [0.4, 0.5) is 5.69 Å². The fourth-order valence-electron chi connectivity index (χ4n) is 4.30. The van der Waals surface area contributed by atoms with Crippen LogP contribution < -0.4 is 0 Å². The minimum atomic E-state index is -0.489. The van der Waals surface area contributed by atoms with Gasteiger partial charge in [0.05, 0.1) is 5.69 Å². The van der Waals surface area contributed by atoms with Crippen molar-refractivity contribution in [2.24, 2.45) is 9.98 Å². The zero-order chi connectivity index (χ0) is 22.4. The normalized spacial score (nSPS) is 17.1. The molecule has 3 aromatic carbocycles. The Morgan fingerprint density at radius 1 is 0.970 bits per heavy atom. The van der Waals surface area contributed by atoms with Crippen molar-refractivity contribution in [1.82, 2.24) is 9.88 Å². The molecule has 0 saturated heterocycles. The highest BCUT2D eigenvalue weighted by atomic mass is 35.5. The quantitative estimate of drug-likeness (QED) is 0.400. The van der Waals surface area contributed by atoms with Gasteiger partial charge in [0.1, 0.15) is 11.9 Å². The Morgan fingerprint density at radius 2 is 1.76 bits per heavy atom. The summed E-state index contributed by atoms with van der Waals surface area (Å²) < 4.78 is 0. The first kappa shape index (κ1) is 20.3. The van der Waals surface area contributed by atoms with Crippen molar-refractivity contribution in [1.29, 1.82) is 0 Å². The minimum Gasteiger partial charge on any atom is -0.361 e. The third-order valence-electron chi connectivity index (χ3n) is 5.95. The molecule has 3 heterocycles. The SMILES string of the molecule is O=C1C(Cc2c[nH]c3ccccc23)N=C2c3ccccc3N=C(SCc3ccccc3Cl)N12. The second-order valence-electron chi connectivity index (χ2n) is 8.00. The Labute approximate surface area is 200 Å². The Hall–Kier alpha value is -3.35. The number of H-pyrrole nitrogens is 1. The van der Waals surface area contributed by atoms with E-state index in [2.05, 4.69) is 11.1 Å². The third-order valence-corrected chi connectivity index (χ3v) is 7.31. The van der Waals surface area contributed by atoms with Crippen molar-refractivity contribution in [2.75, 3.05) is 0 Å². The van der Waals surface area contributed by atoms with Crippen LogP contribution in [-0.2, 0) is 17.0 Å². The maximum Gasteiger partial charge on any atom is 0.259 e. The standard InChI is InChI=1S/C26H19ClN4OS/c27-20-10-4-1-7-16(20)15-33-26-30-22-12-6-3-9-19(22)24-29-23(25(32)31(24)26)13-17-14-28-21-11-5-2-8-18(17)21/h1-12,14,23,28H,13,15H2. The molecule has 162 valence electrons. The number of para-hydroxylation sites is 2. The van der Waals surface area contributed by atoms with E-state index < -0.39 is 6.04 Å². The zero-order valence-electron chi connectivity index (χ0n) is 17.5. The molecule has 1 atom stereocenters. The van der Waals surface area contributed by atoms with Crippen molar-refractivity contribution >= 4 is 56.9 Å². The van der Waals surface area contributed by atoms with Gasteiger partial charge in [-0.25, -0.2) is 9.89 Å². The van der Waals surface area contributed by atoms with Gasteiger partial charge in [-0.15, -0.1) is 0 Å². The van der Waals surface area contributed by atoms with E-state index in [0.717, 1.165) is 33.3 Å². The summed E-state index contributed by atoms with van der Waals surface area (Å²) in [6, 6.07) is 23.2. The van der Waals surface area contributed by atoms with Crippen LogP contribution in [0.1, 0.15) is 16.7 Å². The molecular formula is C26H19ClN4OS. The van der Waals surface area contributed by atoms with Gasteiger partial charge in [0.25, 0.3) is 5.91 Å². The van der Waals surface area contributed by atoms with Crippen molar-refractivity contribution in [3.63, 3.8) is 0 Å². The Kier molecular flexibility index (Phi) is 5.04. The molecule has 0 bridgehead atoms. The lowest BCUT2D eigenvalue weighted by atomic mass is 10.1. The molecule has 2 aliphatic heterocycles. The molecule has 7 heteroatoms.